The molecular weight excluding hydrogens is 491 g/mol. The van der Waals surface area contributed by atoms with E-state index < -0.39 is 34.8 Å². The number of imidazole rings is 1. The molecule has 2 heterocycles. The highest BCUT2D eigenvalue weighted by molar-refractivity contribution is 6.12. The number of nitrogens with zero attached hydrogens (tertiary/aromatic N) is 3. The predicted octanol–water partition coefficient (Wildman–Crippen LogP) is 3.46. The second kappa shape index (κ2) is 10.2. The Morgan fingerprint density at radius 3 is 2.59 bits per heavy atom. The summed E-state index contributed by atoms with van der Waals surface area (Å²) in [5.41, 5.74) is -3.01. The molecule has 1 saturated carbocycles. The fourth-order valence-electron chi connectivity index (χ4n) is 4.53. The average Bonchev–Trinajstić information content (AvgIpc) is 3.55. The maximum atomic E-state index is 13.6. The number of fused-ring (bicyclic) bond motifs is 1. The third-order valence-electron chi connectivity index (χ3n) is 6.42. The molecule has 0 saturated heterocycles. The summed E-state index contributed by atoms with van der Waals surface area (Å²) in [7, 11) is 0. The Labute approximate surface area is 212 Å². The highest BCUT2D eigenvalue weighted by Gasteiger charge is 2.53. The second-order valence-corrected chi connectivity index (χ2v) is 9.78. The molecule has 2 aromatic rings. The van der Waals surface area contributed by atoms with Gasteiger partial charge < -0.3 is 24.8 Å². The van der Waals surface area contributed by atoms with Crippen LogP contribution in [-0.4, -0.2) is 63.0 Å². The number of para-hydroxylation sites is 1. The van der Waals surface area contributed by atoms with Crippen LogP contribution in [0.15, 0.2) is 30.6 Å². The van der Waals surface area contributed by atoms with Gasteiger partial charge in [0.2, 0.25) is 5.91 Å². The Bertz CT molecular complexity index is 1190. The standard InChI is InChI=1S/C25H30F3N5O4/c1-15(2)37-12-6-11-29-23(36)24(3)13-32-14-30-19(20(32)22(35)33(24)16-9-10-16)21(34)31-18-8-5-4-7-17(18)25(26,27)28/h4-5,7-8,14-16H,6,9-13H2,1-3H3,(H,29,36)(H,31,34)/t24-/m1/s1. The number of benzene rings is 1. The van der Waals surface area contributed by atoms with E-state index in [1.165, 1.54) is 27.9 Å². The first kappa shape index (κ1) is 26.6. The van der Waals surface area contributed by atoms with Gasteiger partial charge in [-0.15, -0.1) is 0 Å². The topological polar surface area (TPSA) is 106 Å². The van der Waals surface area contributed by atoms with Crippen LogP contribution in [0, 0.1) is 0 Å². The van der Waals surface area contributed by atoms with Gasteiger partial charge in [-0.3, -0.25) is 14.4 Å². The van der Waals surface area contributed by atoms with E-state index in [1.54, 1.807) is 6.92 Å². The highest BCUT2D eigenvalue weighted by Crippen LogP contribution is 2.39. The maximum Gasteiger partial charge on any atom is 0.418 e. The van der Waals surface area contributed by atoms with Gasteiger partial charge >= 0.3 is 6.18 Å². The van der Waals surface area contributed by atoms with Crippen molar-refractivity contribution in [3.63, 3.8) is 0 Å². The number of amides is 3. The SMILES string of the molecule is CC(C)OCCCNC(=O)[C@@]1(C)Cn2cnc(C(=O)Nc3ccccc3C(F)(F)F)c2C(=O)N1C1CC1. The minimum atomic E-state index is -4.67. The lowest BCUT2D eigenvalue weighted by molar-refractivity contribution is -0.137. The van der Waals surface area contributed by atoms with Gasteiger partial charge in [-0.2, -0.15) is 13.2 Å². The van der Waals surface area contributed by atoms with Gasteiger partial charge in [-0.1, -0.05) is 12.1 Å². The van der Waals surface area contributed by atoms with Gasteiger partial charge in [-0.05, 0) is 52.2 Å². The van der Waals surface area contributed by atoms with E-state index in [2.05, 4.69) is 15.6 Å². The molecule has 1 atom stereocenters. The molecule has 200 valence electrons. The monoisotopic (exact) mass is 521 g/mol. The van der Waals surface area contributed by atoms with Crippen LogP contribution in [0.25, 0.3) is 0 Å². The first-order valence-corrected chi connectivity index (χ1v) is 12.2. The van der Waals surface area contributed by atoms with Crippen molar-refractivity contribution in [3.8, 4) is 0 Å². The number of nitrogens with one attached hydrogen (secondary N) is 2. The Balaban J connectivity index is 1.56. The van der Waals surface area contributed by atoms with E-state index in [9.17, 15) is 27.6 Å². The van der Waals surface area contributed by atoms with Crippen molar-refractivity contribution in [3.05, 3.63) is 47.5 Å². The number of carbonyl (C=O) groups is 3. The first-order chi connectivity index (χ1) is 17.4. The van der Waals surface area contributed by atoms with Gasteiger partial charge in [-0.25, -0.2) is 4.98 Å². The second-order valence-electron chi connectivity index (χ2n) is 9.78. The van der Waals surface area contributed by atoms with Crippen LogP contribution in [0.1, 0.15) is 66.6 Å². The zero-order valence-electron chi connectivity index (χ0n) is 20.9. The van der Waals surface area contributed by atoms with Gasteiger partial charge in [0.1, 0.15) is 11.2 Å². The number of alkyl halides is 3. The molecule has 9 nitrogen and oxygen atoms in total. The summed E-state index contributed by atoms with van der Waals surface area (Å²) in [6.07, 6.45) is -1.28. The zero-order valence-corrected chi connectivity index (χ0v) is 20.9. The lowest BCUT2D eigenvalue weighted by Gasteiger charge is -2.44. The lowest BCUT2D eigenvalue weighted by atomic mass is 9.94. The first-order valence-electron chi connectivity index (χ1n) is 12.2. The van der Waals surface area contributed by atoms with Crippen LogP contribution >= 0.6 is 0 Å². The Morgan fingerprint density at radius 1 is 1.24 bits per heavy atom. The summed E-state index contributed by atoms with van der Waals surface area (Å²) < 4.78 is 47.0. The quantitative estimate of drug-likeness (QED) is 0.492. The highest BCUT2D eigenvalue weighted by atomic mass is 19.4. The van der Waals surface area contributed by atoms with E-state index >= 15 is 0 Å². The van der Waals surface area contributed by atoms with Gasteiger partial charge in [0.05, 0.1) is 30.2 Å². The summed E-state index contributed by atoms with van der Waals surface area (Å²) in [5.74, 6) is -1.82. The number of aromatic nitrogens is 2. The summed E-state index contributed by atoms with van der Waals surface area (Å²) in [4.78, 5) is 45.4. The summed E-state index contributed by atoms with van der Waals surface area (Å²) in [5, 5.41) is 5.13. The summed E-state index contributed by atoms with van der Waals surface area (Å²) >= 11 is 0. The minimum absolute atomic E-state index is 0.0514. The molecule has 0 unspecified atom stereocenters. The molecule has 0 spiro atoms. The van der Waals surface area contributed by atoms with Crippen LogP contribution in [-0.2, 0) is 22.3 Å². The molecule has 2 aliphatic rings. The molecule has 2 N–H and O–H groups in total. The molecule has 3 amide bonds. The van der Waals surface area contributed by atoms with Crippen molar-refractivity contribution < 1.29 is 32.3 Å². The van der Waals surface area contributed by atoms with E-state index in [0.29, 0.717) is 32.4 Å². The van der Waals surface area contributed by atoms with Gasteiger partial charge in [0.25, 0.3) is 11.8 Å². The number of carbonyl (C=O) groups excluding carboxylic acids is 3. The molecule has 4 rings (SSSR count). The third kappa shape index (κ3) is 5.48. The molecule has 37 heavy (non-hydrogen) atoms. The van der Waals surface area contributed by atoms with Crippen molar-refractivity contribution in [2.24, 2.45) is 0 Å². The fourth-order valence-corrected chi connectivity index (χ4v) is 4.53. The van der Waals surface area contributed by atoms with Crippen LogP contribution in [0.4, 0.5) is 18.9 Å². The average molecular weight is 522 g/mol. The van der Waals surface area contributed by atoms with Crippen molar-refractivity contribution >= 4 is 23.4 Å². The molecule has 1 aliphatic carbocycles. The molecule has 1 fully saturated rings. The van der Waals surface area contributed by atoms with Crippen LogP contribution in [0.2, 0.25) is 0 Å². The molecule has 1 aromatic carbocycles. The van der Waals surface area contributed by atoms with Crippen LogP contribution in [0.5, 0.6) is 0 Å². The number of ether oxygens (including phenoxy) is 1. The molecule has 0 radical (unpaired) electrons. The van der Waals surface area contributed by atoms with Crippen molar-refractivity contribution in [2.45, 2.75) is 70.4 Å². The van der Waals surface area contributed by atoms with Gasteiger partial charge in [0.15, 0.2) is 5.69 Å². The lowest BCUT2D eigenvalue weighted by Crippen LogP contribution is -2.64. The van der Waals surface area contributed by atoms with Crippen molar-refractivity contribution in [1.29, 1.82) is 0 Å². The molecule has 1 aromatic heterocycles. The zero-order chi connectivity index (χ0) is 27.0. The predicted molar refractivity (Wildman–Crippen MR) is 128 cm³/mol. The maximum absolute atomic E-state index is 13.6. The molecule has 12 heteroatoms. The molecule has 1 aliphatic heterocycles. The van der Waals surface area contributed by atoms with E-state index in [4.69, 9.17) is 4.74 Å². The molecular formula is C25H30F3N5O4. The normalized spacial score (nSPS) is 19.6. The minimum Gasteiger partial charge on any atom is -0.379 e. The Kier molecular flexibility index (Phi) is 7.31. The Hall–Kier alpha value is -3.41. The summed E-state index contributed by atoms with van der Waals surface area (Å²) in [6.45, 7) is 6.43. The molecule has 0 bridgehead atoms. The van der Waals surface area contributed by atoms with E-state index in [1.807, 2.05) is 13.8 Å². The number of anilines is 1. The van der Waals surface area contributed by atoms with Crippen molar-refractivity contribution in [1.82, 2.24) is 19.8 Å². The van der Waals surface area contributed by atoms with Gasteiger partial charge in [0, 0.05) is 19.2 Å². The number of rotatable bonds is 9. The van der Waals surface area contributed by atoms with Crippen molar-refractivity contribution in [2.75, 3.05) is 18.5 Å². The number of hydrogen-bond donors (Lipinski definition) is 2. The van der Waals surface area contributed by atoms with Crippen LogP contribution < -0.4 is 10.6 Å². The fraction of sp³-hybridized carbons (Fsp3) is 0.520. The third-order valence-corrected chi connectivity index (χ3v) is 6.42. The smallest absolute Gasteiger partial charge is 0.379 e. The number of hydrogen-bond acceptors (Lipinski definition) is 5. The van der Waals surface area contributed by atoms with E-state index in [0.717, 1.165) is 12.1 Å². The largest absolute Gasteiger partial charge is 0.418 e. The number of halogens is 3. The summed E-state index contributed by atoms with van der Waals surface area (Å²) in [6, 6.07) is 4.41. The Morgan fingerprint density at radius 2 is 1.95 bits per heavy atom. The van der Waals surface area contributed by atoms with Crippen LogP contribution in [0.3, 0.4) is 0 Å². The van der Waals surface area contributed by atoms with E-state index in [-0.39, 0.29) is 36.0 Å².